The summed E-state index contributed by atoms with van der Waals surface area (Å²) in [5.41, 5.74) is 0.685. The molecule has 100 valence electrons. The maximum absolute atomic E-state index is 14.0. The Bertz CT molecular complexity index is 413. The highest BCUT2D eigenvalue weighted by molar-refractivity contribution is 9.10. The summed E-state index contributed by atoms with van der Waals surface area (Å²) in [7, 11) is 0. The molecular formula is C14H19BrFNO. The molecule has 1 saturated heterocycles. The first kappa shape index (κ1) is 14.0. The Morgan fingerprint density at radius 2 is 2.28 bits per heavy atom. The number of ether oxygens (including phenoxy) is 1. The van der Waals surface area contributed by atoms with Crippen LogP contribution in [0, 0.1) is 5.82 Å². The van der Waals surface area contributed by atoms with Crippen molar-refractivity contribution in [3.05, 3.63) is 34.1 Å². The van der Waals surface area contributed by atoms with E-state index in [-0.39, 0.29) is 24.1 Å². The summed E-state index contributed by atoms with van der Waals surface area (Å²) in [6, 6.07) is 4.99. The van der Waals surface area contributed by atoms with E-state index in [0.717, 1.165) is 23.9 Å². The fraction of sp³-hybridized carbons (Fsp3) is 0.571. The molecule has 0 spiro atoms. The molecule has 1 aliphatic heterocycles. The summed E-state index contributed by atoms with van der Waals surface area (Å²) in [5.74, 6) is -0.174. The fourth-order valence-corrected chi connectivity index (χ4v) is 2.87. The average Bonchev–Trinajstić information content (AvgIpc) is 2.76. The first-order valence-electron chi connectivity index (χ1n) is 6.45. The van der Waals surface area contributed by atoms with Crippen LogP contribution in [0.1, 0.15) is 38.3 Å². The number of hydrogen-bond donors (Lipinski definition) is 1. The molecule has 1 aromatic carbocycles. The second-order valence-electron chi connectivity index (χ2n) is 4.76. The van der Waals surface area contributed by atoms with E-state index in [2.05, 4.69) is 28.2 Å². The molecule has 1 N–H and O–H groups in total. The van der Waals surface area contributed by atoms with Crippen LogP contribution in [0.25, 0.3) is 0 Å². The zero-order valence-electron chi connectivity index (χ0n) is 10.7. The average molecular weight is 316 g/mol. The van der Waals surface area contributed by atoms with Gasteiger partial charge in [0.15, 0.2) is 0 Å². The van der Waals surface area contributed by atoms with Crippen LogP contribution in [0.15, 0.2) is 22.7 Å². The molecule has 0 aliphatic carbocycles. The summed E-state index contributed by atoms with van der Waals surface area (Å²) in [4.78, 5) is 0. The lowest BCUT2D eigenvalue weighted by atomic mass is 9.98. The van der Waals surface area contributed by atoms with Gasteiger partial charge in [0.1, 0.15) is 5.82 Å². The molecule has 1 fully saturated rings. The van der Waals surface area contributed by atoms with E-state index >= 15 is 0 Å². The van der Waals surface area contributed by atoms with Gasteiger partial charge in [0.25, 0.3) is 0 Å². The van der Waals surface area contributed by atoms with E-state index < -0.39 is 0 Å². The largest absolute Gasteiger partial charge is 0.373 e. The summed E-state index contributed by atoms with van der Waals surface area (Å²) in [5, 5.41) is 3.34. The Morgan fingerprint density at radius 1 is 1.50 bits per heavy atom. The molecule has 0 radical (unpaired) electrons. The SMILES string of the molecule is CCNC(c1cc(Br)ccc1F)C1CCC(C)O1. The molecule has 1 aromatic rings. The van der Waals surface area contributed by atoms with Crippen molar-refractivity contribution < 1.29 is 9.13 Å². The second kappa shape index (κ2) is 6.13. The zero-order chi connectivity index (χ0) is 13.1. The second-order valence-corrected chi connectivity index (χ2v) is 5.68. The minimum Gasteiger partial charge on any atom is -0.373 e. The summed E-state index contributed by atoms with van der Waals surface area (Å²) in [6.45, 7) is 4.90. The van der Waals surface area contributed by atoms with Gasteiger partial charge in [-0.25, -0.2) is 4.39 Å². The van der Waals surface area contributed by atoms with Gasteiger partial charge in [-0.15, -0.1) is 0 Å². The van der Waals surface area contributed by atoms with Crippen molar-refractivity contribution in [1.82, 2.24) is 5.32 Å². The van der Waals surface area contributed by atoms with E-state index in [1.54, 1.807) is 6.07 Å². The van der Waals surface area contributed by atoms with E-state index in [9.17, 15) is 4.39 Å². The molecule has 2 nitrogen and oxygen atoms in total. The maximum Gasteiger partial charge on any atom is 0.128 e. The number of rotatable bonds is 4. The van der Waals surface area contributed by atoms with Crippen LogP contribution in [0.5, 0.6) is 0 Å². The van der Waals surface area contributed by atoms with E-state index in [4.69, 9.17) is 4.74 Å². The van der Waals surface area contributed by atoms with Crippen molar-refractivity contribution in [3.8, 4) is 0 Å². The van der Waals surface area contributed by atoms with Crippen LogP contribution in [-0.2, 0) is 4.74 Å². The van der Waals surface area contributed by atoms with Crippen LogP contribution >= 0.6 is 15.9 Å². The molecule has 0 saturated carbocycles. The van der Waals surface area contributed by atoms with Gasteiger partial charge in [0.2, 0.25) is 0 Å². The van der Waals surface area contributed by atoms with Crippen LogP contribution in [-0.4, -0.2) is 18.8 Å². The predicted molar refractivity (Wildman–Crippen MR) is 74.1 cm³/mol. The Kier molecular flexibility index (Phi) is 4.76. The highest BCUT2D eigenvalue weighted by Gasteiger charge is 2.31. The quantitative estimate of drug-likeness (QED) is 0.912. The lowest BCUT2D eigenvalue weighted by Gasteiger charge is -2.25. The van der Waals surface area contributed by atoms with Gasteiger partial charge in [0.05, 0.1) is 18.2 Å². The Labute approximate surface area is 116 Å². The van der Waals surface area contributed by atoms with Crippen LogP contribution in [0.4, 0.5) is 4.39 Å². The minimum atomic E-state index is -0.174. The van der Waals surface area contributed by atoms with Gasteiger partial charge >= 0.3 is 0 Å². The van der Waals surface area contributed by atoms with Crippen molar-refractivity contribution in [2.45, 2.75) is 44.9 Å². The highest BCUT2D eigenvalue weighted by atomic mass is 79.9. The minimum absolute atomic E-state index is 0.0590. The molecule has 0 aromatic heterocycles. The number of hydrogen-bond acceptors (Lipinski definition) is 2. The van der Waals surface area contributed by atoms with Crippen molar-refractivity contribution in [2.24, 2.45) is 0 Å². The van der Waals surface area contributed by atoms with Crippen molar-refractivity contribution >= 4 is 15.9 Å². The summed E-state index contributed by atoms with van der Waals surface area (Å²) < 4.78 is 20.8. The topological polar surface area (TPSA) is 21.3 Å². The zero-order valence-corrected chi connectivity index (χ0v) is 12.3. The van der Waals surface area contributed by atoms with E-state index in [0.29, 0.717) is 5.56 Å². The van der Waals surface area contributed by atoms with Crippen molar-refractivity contribution in [1.29, 1.82) is 0 Å². The molecule has 3 atom stereocenters. The lowest BCUT2D eigenvalue weighted by molar-refractivity contribution is 0.0311. The van der Waals surface area contributed by atoms with Gasteiger partial charge < -0.3 is 10.1 Å². The Morgan fingerprint density at radius 3 is 2.89 bits per heavy atom. The third-order valence-electron chi connectivity index (χ3n) is 3.35. The van der Waals surface area contributed by atoms with Crippen LogP contribution in [0.2, 0.25) is 0 Å². The normalized spacial score (nSPS) is 25.3. The maximum atomic E-state index is 14.0. The fourth-order valence-electron chi connectivity index (χ4n) is 2.49. The van der Waals surface area contributed by atoms with E-state index in [1.165, 1.54) is 6.07 Å². The first-order valence-corrected chi connectivity index (χ1v) is 7.25. The first-order chi connectivity index (χ1) is 8.61. The molecule has 0 bridgehead atoms. The molecule has 1 heterocycles. The number of likely N-dealkylation sites (N-methyl/N-ethyl adjacent to an activating group) is 1. The highest BCUT2D eigenvalue weighted by Crippen LogP contribution is 2.32. The van der Waals surface area contributed by atoms with Gasteiger partial charge in [-0.2, -0.15) is 0 Å². The lowest BCUT2D eigenvalue weighted by Crippen LogP contribution is -2.32. The van der Waals surface area contributed by atoms with Gasteiger partial charge in [0, 0.05) is 10.0 Å². The van der Waals surface area contributed by atoms with Gasteiger partial charge in [-0.05, 0) is 44.5 Å². The monoisotopic (exact) mass is 315 g/mol. The van der Waals surface area contributed by atoms with Gasteiger partial charge in [-0.1, -0.05) is 22.9 Å². The molecule has 3 unspecified atom stereocenters. The standard InChI is InChI=1S/C14H19BrFNO/c1-3-17-14(13-7-4-9(2)18-13)11-8-10(15)5-6-12(11)16/h5-6,8-9,13-14,17H,3-4,7H2,1-2H3. The third kappa shape index (κ3) is 3.11. The molecule has 2 rings (SSSR count). The number of halogens is 2. The molecule has 1 aliphatic rings. The molecular weight excluding hydrogens is 297 g/mol. The van der Waals surface area contributed by atoms with Crippen molar-refractivity contribution in [2.75, 3.05) is 6.54 Å². The van der Waals surface area contributed by atoms with E-state index in [1.807, 2.05) is 13.0 Å². The Hall–Kier alpha value is -0.450. The molecule has 18 heavy (non-hydrogen) atoms. The summed E-state index contributed by atoms with van der Waals surface area (Å²) >= 11 is 3.40. The smallest absolute Gasteiger partial charge is 0.128 e. The molecule has 4 heteroatoms. The van der Waals surface area contributed by atoms with Gasteiger partial charge in [-0.3, -0.25) is 0 Å². The summed E-state index contributed by atoms with van der Waals surface area (Å²) in [6.07, 6.45) is 2.35. The predicted octanol–water partition coefficient (Wildman–Crippen LogP) is 3.81. The molecule has 0 amide bonds. The number of benzene rings is 1. The van der Waals surface area contributed by atoms with Crippen molar-refractivity contribution in [3.63, 3.8) is 0 Å². The van der Waals surface area contributed by atoms with Crippen LogP contribution in [0.3, 0.4) is 0 Å². The third-order valence-corrected chi connectivity index (χ3v) is 3.85. The number of nitrogens with one attached hydrogen (secondary N) is 1. The van der Waals surface area contributed by atoms with Crippen LogP contribution < -0.4 is 5.32 Å². The Balaban J connectivity index is 2.26.